The molecule has 0 fully saturated rings. The van der Waals surface area contributed by atoms with Crippen molar-refractivity contribution in [3.8, 4) is 0 Å². The van der Waals surface area contributed by atoms with E-state index in [1.165, 1.54) is 5.56 Å². The number of rotatable bonds is 0. The molecule has 1 aromatic rings. The van der Waals surface area contributed by atoms with Crippen molar-refractivity contribution in [1.82, 2.24) is 0 Å². The largest absolute Gasteiger partial charge is 0.480 e. The van der Waals surface area contributed by atoms with E-state index in [0.29, 0.717) is 0 Å². The van der Waals surface area contributed by atoms with Gasteiger partial charge in [-0.2, -0.15) is 0 Å². The number of benzene rings is 1. The van der Waals surface area contributed by atoms with Crippen molar-refractivity contribution in [2.24, 2.45) is 4.99 Å². The fraction of sp³-hybridized carbons (Fsp3) is 0.364. The van der Waals surface area contributed by atoms with Crippen LogP contribution in [0.25, 0.3) is 0 Å². The maximum atomic E-state index is 5.35. The fourth-order valence-electron chi connectivity index (χ4n) is 1.47. The Bertz CT molecular complexity index is 320. The van der Waals surface area contributed by atoms with E-state index < -0.39 is 0 Å². The van der Waals surface area contributed by atoms with E-state index in [2.05, 4.69) is 24.0 Å². The third-order valence-electron chi connectivity index (χ3n) is 2.30. The molecule has 2 heteroatoms. The van der Waals surface area contributed by atoms with Gasteiger partial charge in [-0.3, -0.25) is 0 Å². The summed E-state index contributed by atoms with van der Waals surface area (Å²) in [6.45, 7) is 2.07. The molecule has 2 rings (SSSR count). The van der Waals surface area contributed by atoms with Crippen molar-refractivity contribution in [1.29, 1.82) is 0 Å². The average Bonchev–Trinajstić information content (AvgIpc) is 2.13. The Morgan fingerprint density at radius 2 is 2.23 bits per heavy atom. The van der Waals surface area contributed by atoms with Gasteiger partial charge < -0.3 is 4.74 Å². The summed E-state index contributed by atoms with van der Waals surface area (Å²) in [6.07, 6.45) is 3.94. The molecule has 1 aromatic carbocycles. The van der Waals surface area contributed by atoms with Crippen LogP contribution in [0.3, 0.4) is 0 Å². The van der Waals surface area contributed by atoms with Gasteiger partial charge in [0.15, 0.2) is 6.40 Å². The van der Waals surface area contributed by atoms with Crippen LogP contribution in [-0.2, 0) is 11.2 Å². The van der Waals surface area contributed by atoms with Gasteiger partial charge in [0.25, 0.3) is 0 Å². The van der Waals surface area contributed by atoms with Crippen molar-refractivity contribution in [2.75, 3.05) is 0 Å². The van der Waals surface area contributed by atoms with Gasteiger partial charge in [-0.25, -0.2) is 4.99 Å². The molecular formula is C11H13NO. The zero-order valence-electron chi connectivity index (χ0n) is 7.73. The molecule has 1 unspecified atom stereocenters. The lowest BCUT2D eigenvalue weighted by Gasteiger charge is -2.14. The van der Waals surface area contributed by atoms with Crippen LogP contribution in [-0.4, -0.2) is 12.5 Å². The lowest BCUT2D eigenvalue weighted by molar-refractivity contribution is 0.208. The molecule has 1 aliphatic heterocycles. The van der Waals surface area contributed by atoms with Crippen molar-refractivity contribution in [3.05, 3.63) is 29.8 Å². The molecule has 0 amide bonds. The van der Waals surface area contributed by atoms with Crippen LogP contribution in [0.1, 0.15) is 18.9 Å². The lowest BCUT2D eigenvalue weighted by atomic mass is 10.1. The van der Waals surface area contributed by atoms with Gasteiger partial charge in [0.2, 0.25) is 0 Å². The summed E-state index contributed by atoms with van der Waals surface area (Å²) >= 11 is 0. The van der Waals surface area contributed by atoms with Crippen molar-refractivity contribution >= 4 is 12.1 Å². The Hall–Kier alpha value is -1.31. The summed E-state index contributed by atoms with van der Waals surface area (Å²) < 4.78 is 5.35. The maximum Gasteiger partial charge on any atom is 0.174 e. The van der Waals surface area contributed by atoms with E-state index in [1.807, 2.05) is 12.1 Å². The van der Waals surface area contributed by atoms with E-state index in [-0.39, 0.29) is 6.10 Å². The Kier molecular flexibility index (Phi) is 2.30. The summed E-state index contributed by atoms with van der Waals surface area (Å²) in [4.78, 5) is 4.25. The van der Waals surface area contributed by atoms with Crippen LogP contribution in [0, 0.1) is 0 Å². The van der Waals surface area contributed by atoms with Crippen LogP contribution in [0.4, 0.5) is 5.69 Å². The first kappa shape index (κ1) is 8.30. The molecule has 1 atom stereocenters. The second-order valence-electron chi connectivity index (χ2n) is 3.35. The minimum Gasteiger partial charge on any atom is -0.480 e. The summed E-state index contributed by atoms with van der Waals surface area (Å²) in [6, 6.07) is 8.21. The molecule has 0 spiro atoms. The van der Waals surface area contributed by atoms with Gasteiger partial charge in [-0.1, -0.05) is 18.2 Å². The maximum absolute atomic E-state index is 5.35. The van der Waals surface area contributed by atoms with Gasteiger partial charge in [0.1, 0.15) is 0 Å². The average molecular weight is 175 g/mol. The molecule has 0 saturated heterocycles. The molecule has 1 aliphatic rings. The first-order valence-electron chi connectivity index (χ1n) is 4.62. The number of hydrogen-bond acceptors (Lipinski definition) is 2. The summed E-state index contributed by atoms with van der Waals surface area (Å²) in [5.41, 5.74) is 2.35. The van der Waals surface area contributed by atoms with Gasteiger partial charge in [0, 0.05) is 0 Å². The zero-order valence-corrected chi connectivity index (χ0v) is 7.73. The summed E-state index contributed by atoms with van der Waals surface area (Å²) in [7, 11) is 0. The normalized spacial score (nSPS) is 21.2. The van der Waals surface area contributed by atoms with Crippen molar-refractivity contribution in [2.45, 2.75) is 25.9 Å². The summed E-state index contributed by atoms with van der Waals surface area (Å²) in [5, 5.41) is 0. The number of ether oxygens (including phenoxy) is 1. The number of para-hydroxylation sites is 1. The SMILES string of the molecule is CC1CCc2ccccc2N=CO1. The van der Waals surface area contributed by atoms with Crippen LogP contribution in [0.2, 0.25) is 0 Å². The predicted octanol–water partition coefficient (Wildman–Crippen LogP) is 2.70. The van der Waals surface area contributed by atoms with Crippen molar-refractivity contribution < 1.29 is 4.74 Å². The lowest BCUT2D eigenvalue weighted by Crippen LogP contribution is -2.09. The van der Waals surface area contributed by atoms with E-state index in [9.17, 15) is 0 Å². The Morgan fingerprint density at radius 3 is 3.15 bits per heavy atom. The van der Waals surface area contributed by atoms with Gasteiger partial charge in [0.05, 0.1) is 11.8 Å². The minimum absolute atomic E-state index is 0.275. The Balaban J connectivity index is 2.31. The highest BCUT2D eigenvalue weighted by atomic mass is 16.5. The first-order valence-corrected chi connectivity index (χ1v) is 4.62. The van der Waals surface area contributed by atoms with Crippen LogP contribution < -0.4 is 0 Å². The van der Waals surface area contributed by atoms with Crippen LogP contribution >= 0.6 is 0 Å². The molecule has 13 heavy (non-hydrogen) atoms. The van der Waals surface area contributed by atoms with Gasteiger partial charge >= 0.3 is 0 Å². The second-order valence-corrected chi connectivity index (χ2v) is 3.35. The highest BCUT2D eigenvalue weighted by Crippen LogP contribution is 2.22. The smallest absolute Gasteiger partial charge is 0.174 e. The molecule has 0 aromatic heterocycles. The second kappa shape index (κ2) is 3.60. The summed E-state index contributed by atoms with van der Waals surface area (Å²) in [5.74, 6) is 0. The number of aliphatic imine (C=N–C) groups is 1. The van der Waals surface area contributed by atoms with E-state index >= 15 is 0 Å². The fourth-order valence-corrected chi connectivity index (χ4v) is 1.47. The molecule has 1 heterocycles. The highest BCUT2D eigenvalue weighted by molar-refractivity contribution is 5.59. The predicted molar refractivity (Wildman–Crippen MR) is 53.5 cm³/mol. The number of hydrogen-bond donors (Lipinski definition) is 0. The monoisotopic (exact) mass is 175 g/mol. The van der Waals surface area contributed by atoms with E-state index in [1.54, 1.807) is 6.40 Å². The third-order valence-corrected chi connectivity index (χ3v) is 2.30. The number of aryl methyl sites for hydroxylation is 1. The van der Waals surface area contributed by atoms with Crippen molar-refractivity contribution in [3.63, 3.8) is 0 Å². The Morgan fingerprint density at radius 1 is 1.38 bits per heavy atom. The Labute approximate surface area is 78.3 Å². The van der Waals surface area contributed by atoms with Crippen LogP contribution in [0.5, 0.6) is 0 Å². The third kappa shape index (κ3) is 1.89. The quantitative estimate of drug-likeness (QED) is 0.594. The number of nitrogens with zero attached hydrogens (tertiary/aromatic N) is 1. The topological polar surface area (TPSA) is 21.6 Å². The molecule has 0 radical (unpaired) electrons. The highest BCUT2D eigenvalue weighted by Gasteiger charge is 2.07. The molecule has 0 bridgehead atoms. The standard InChI is InChI=1S/C11H13NO/c1-9-6-7-10-4-2-3-5-11(10)12-8-13-9/h2-5,8-9H,6-7H2,1H3. The van der Waals surface area contributed by atoms with Gasteiger partial charge in [-0.05, 0) is 31.4 Å². The number of fused-ring (bicyclic) bond motifs is 1. The van der Waals surface area contributed by atoms with Crippen LogP contribution in [0.15, 0.2) is 29.3 Å². The molecule has 68 valence electrons. The zero-order chi connectivity index (χ0) is 9.10. The minimum atomic E-state index is 0.275. The van der Waals surface area contributed by atoms with E-state index in [4.69, 9.17) is 4.74 Å². The molecule has 0 saturated carbocycles. The molecule has 2 nitrogen and oxygen atoms in total. The van der Waals surface area contributed by atoms with Gasteiger partial charge in [-0.15, -0.1) is 0 Å². The first-order chi connectivity index (χ1) is 6.36. The van der Waals surface area contributed by atoms with E-state index in [0.717, 1.165) is 18.5 Å². The molecule has 0 aliphatic carbocycles. The molecule has 0 N–H and O–H groups in total. The molecular weight excluding hydrogens is 162 g/mol.